The highest BCUT2D eigenvalue weighted by atomic mass is 16.5. The molecule has 0 fully saturated rings. The molecule has 0 aliphatic heterocycles. The Morgan fingerprint density at radius 3 is 2.75 bits per heavy atom. The number of aromatic nitrogens is 3. The van der Waals surface area contributed by atoms with Crippen LogP contribution in [0.4, 0.5) is 5.82 Å². The quantitative estimate of drug-likeness (QED) is 0.558. The SMILES string of the molecule is CC[C@@H](Nc1n[nH]c(=O)[nH]c1=O)C(=O)OC. The minimum Gasteiger partial charge on any atom is -0.467 e. The van der Waals surface area contributed by atoms with Crippen molar-refractivity contribution in [2.45, 2.75) is 19.4 Å². The maximum Gasteiger partial charge on any atom is 0.342 e. The fraction of sp³-hybridized carbons (Fsp3) is 0.500. The van der Waals surface area contributed by atoms with Crippen LogP contribution in [0.3, 0.4) is 0 Å². The Morgan fingerprint density at radius 2 is 2.25 bits per heavy atom. The van der Waals surface area contributed by atoms with Crippen LogP contribution >= 0.6 is 0 Å². The van der Waals surface area contributed by atoms with Crippen molar-refractivity contribution in [3.05, 3.63) is 20.8 Å². The summed E-state index contributed by atoms with van der Waals surface area (Å²) >= 11 is 0. The van der Waals surface area contributed by atoms with Crippen LogP contribution in [-0.4, -0.2) is 34.3 Å². The van der Waals surface area contributed by atoms with Gasteiger partial charge in [0.2, 0.25) is 5.82 Å². The Labute approximate surface area is 90.0 Å². The summed E-state index contributed by atoms with van der Waals surface area (Å²) in [5.74, 6) is -0.633. The lowest BCUT2D eigenvalue weighted by Gasteiger charge is -2.13. The minimum absolute atomic E-state index is 0.128. The van der Waals surface area contributed by atoms with Gasteiger partial charge in [0.1, 0.15) is 6.04 Å². The average molecular weight is 228 g/mol. The molecule has 0 amide bonds. The Kier molecular flexibility index (Phi) is 3.81. The smallest absolute Gasteiger partial charge is 0.342 e. The summed E-state index contributed by atoms with van der Waals surface area (Å²) < 4.78 is 4.53. The lowest BCUT2D eigenvalue weighted by atomic mass is 10.2. The molecule has 0 unspecified atom stereocenters. The molecule has 16 heavy (non-hydrogen) atoms. The van der Waals surface area contributed by atoms with E-state index in [4.69, 9.17) is 0 Å². The van der Waals surface area contributed by atoms with Crippen molar-refractivity contribution in [2.24, 2.45) is 0 Å². The van der Waals surface area contributed by atoms with E-state index in [1.807, 2.05) is 4.98 Å². The highest BCUT2D eigenvalue weighted by Crippen LogP contribution is 2.00. The largest absolute Gasteiger partial charge is 0.467 e. The standard InChI is InChI=1S/C8H12N4O4/c1-3-4(7(14)16-2)9-5-6(13)10-8(15)12-11-5/h4H,3H2,1-2H3,(H,9,11)(H2,10,12,13,15)/t4-/m1/s1. The molecule has 0 spiro atoms. The second kappa shape index (κ2) is 5.10. The van der Waals surface area contributed by atoms with E-state index >= 15 is 0 Å². The molecular weight excluding hydrogens is 216 g/mol. The van der Waals surface area contributed by atoms with Crippen molar-refractivity contribution >= 4 is 11.8 Å². The van der Waals surface area contributed by atoms with Gasteiger partial charge in [-0.2, -0.15) is 0 Å². The molecular formula is C8H12N4O4. The number of rotatable bonds is 4. The lowest BCUT2D eigenvalue weighted by Crippen LogP contribution is -2.35. The van der Waals surface area contributed by atoms with Crippen LogP contribution in [0.25, 0.3) is 0 Å². The van der Waals surface area contributed by atoms with Gasteiger partial charge in [0, 0.05) is 0 Å². The van der Waals surface area contributed by atoms with Crippen LogP contribution in [0.15, 0.2) is 9.59 Å². The number of hydrogen-bond acceptors (Lipinski definition) is 6. The van der Waals surface area contributed by atoms with Gasteiger partial charge in [0.05, 0.1) is 7.11 Å². The van der Waals surface area contributed by atoms with Crippen LogP contribution in [0.5, 0.6) is 0 Å². The third-order valence-electron chi connectivity index (χ3n) is 1.92. The fourth-order valence-corrected chi connectivity index (χ4v) is 1.08. The third kappa shape index (κ3) is 2.69. The van der Waals surface area contributed by atoms with Crippen molar-refractivity contribution in [2.75, 3.05) is 12.4 Å². The summed E-state index contributed by atoms with van der Waals surface area (Å²) in [5, 5.41) is 8.11. The molecule has 8 heteroatoms. The zero-order chi connectivity index (χ0) is 12.1. The molecule has 0 aliphatic rings. The van der Waals surface area contributed by atoms with E-state index in [0.717, 1.165) is 0 Å². The molecule has 0 radical (unpaired) electrons. The van der Waals surface area contributed by atoms with E-state index in [2.05, 4.69) is 20.3 Å². The molecule has 0 saturated carbocycles. The zero-order valence-electron chi connectivity index (χ0n) is 8.86. The van der Waals surface area contributed by atoms with E-state index < -0.39 is 23.3 Å². The summed E-state index contributed by atoms with van der Waals surface area (Å²) in [7, 11) is 1.25. The number of carbonyl (C=O) groups excluding carboxylic acids is 1. The molecule has 8 nitrogen and oxygen atoms in total. The molecule has 0 saturated heterocycles. The first kappa shape index (κ1) is 12.0. The van der Waals surface area contributed by atoms with Gasteiger partial charge in [0.15, 0.2) is 0 Å². The van der Waals surface area contributed by atoms with Gasteiger partial charge >= 0.3 is 11.7 Å². The topological polar surface area (TPSA) is 117 Å². The van der Waals surface area contributed by atoms with E-state index in [1.165, 1.54) is 7.11 Å². The maximum absolute atomic E-state index is 11.2. The van der Waals surface area contributed by atoms with E-state index in [1.54, 1.807) is 6.92 Å². The molecule has 0 aliphatic carbocycles. The van der Waals surface area contributed by atoms with Crippen LogP contribution in [0, 0.1) is 0 Å². The number of esters is 1. The Morgan fingerprint density at radius 1 is 1.56 bits per heavy atom. The second-order valence-corrected chi connectivity index (χ2v) is 2.98. The van der Waals surface area contributed by atoms with Crippen LogP contribution in [0.1, 0.15) is 13.3 Å². The number of hydrogen-bond donors (Lipinski definition) is 3. The van der Waals surface area contributed by atoms with Gasteiger partial charge < -0.3 is 10.1 Å². The van der Waals surface area contributed by atoms with Gasteiger partial charge in [-0.05, 0) is 6.42 Å². The number of carbonyl (C=O) groups is 1. The number of methoxy groups -OCH3 is 1. The van der Waals surface area contributed by atoms with E-state index in [-0.39, 0.29) is 5.82 Å². The third-order valence-corrected chi connectivity index (χ3v) is 1.92. The maximum atomic E-state index is 11.2. The molecule has 0 aromatic carbocycles. The Bertz CT molecular complexity index is 477. The number of anilines is 1. The van der Waals surface area contributed by atoms with Gasteiger partial charge in [-0.25, -0.2) is 14.7 Å². The minimum atomic E-state index is -0.707. The van der Waals surface area contributed by atoms with E-state index in [9.17, 15) is 14.4 Å². The Hall–Kier alpha value is -2.12. The molecule has 1 rings (SSSR count). The highest BCUT2D eigenvalue weighted by molar-refractivity contribution is 5.78. The summed E-state index contributed by atoms with van der Waals surface area (Å²) in [6.07, 6.45) is 0.424. The van der Waals surface area contributed by atoms with Crippen molar-refractivity contribution < 1.29 is 9.53 Å². The Balaban J connectivity index is 2.90. The number of ether oxygens (including phenoxy) is 1. The number of nitrogens with one attached hydrogen (secondary N) is 3. The summed E-state index contributed by atoms with van der Waals surface area (Å²) in [5.41, 5.74) is -1.40. The number of nitrogens with zero attached hydrogens (tertiary/aromatic N) is 1. The monoisotopic (exact) mass is 228 g/mol. The first-order valence-corrected chi connectivity index (χ1v) is 4.61. The fourth-order valence-electron chi connectivity index (χ4n) is 1.08. The van der Waals surface area contributed by atoms with Gasteiger partial charge in [-0.1, -0.05) is 6.92 Å². The first-order valence-electron chi connectivity index (χ1n) is 4.61. The van der Waals surface area contributed by atoms with Crippen LogP contribution in [0.2, 0.25) is 0 Å². The zero-order valence-corrected chi connectivity index (χ0v) is 8.86. The average Bonchev–Trinajstić information content (AvgIpc) is 2.27. The highest BCUT2D eigenvalue weighted by Gasteiger charge is 2.18. The van der Waals surface area contributed by atoms with Crippen molar-refractivity contribution in [3.63, 3.8) is 0 Å². The molecule has 1 aromatic rings. The summed E-state index contributed by atoms with van der Waals surface area (Å²) in [6.45, 7) is 1.74. The summed E-state index contributed by atoms with van der Waals surface area (Å²) in [6, 6.07) is -0.676. The normalized spacial score (nSPS) is 11.9. The molecule has 1 atom stereocenters. The molecule has 3 N–H and O–H groups in total. The molecule has 1 heterocycles. The van der Waals surface area contributed by atoms with Crippen molar-refractivity contribution in [1.29, 1.82) is 0 Å². The lowest BCUT2D eigenvalue weighted by molar-refractivity contribution is -0.141. The molecule has 0 bridgehead atoms. The van der Waals surface area contributed by atoms with E-state index in [0.29, 0.717) is 6.42 Å². The van der Waals surface area contributed by atoms with Crippen LogP contribution in [-0.2, 0) is 9.53 Å². The first-order chi connectivity index (χ1) is 7.58. The number of H-pyrrole nitrogens is 2. The molecule has 88 valence electrons. The van der Waals surface area contributed by atoms with Crippen LogP contribution < -0.4 is 16.6 Å². The van der Waals surface area contributed by atoms with Crippen molar-refractivity contribution in [3.8, 4) is 0 Å². The summed E-state index contributed by atoms with van der Waals surface area (Å²) in [4.78, 5) is 35.2. The van der Waals surface area contributed by atoms with Gasteiger partial charge in [-0.15, -0.1) is 5.10 Å². The van der Waals surface area contributed by atoms with Gasteiger partial charge in [0.25, 0.3) is 5.56 Å². The predicted molar refractivity (Wildman–Crippen MR) is 55.2 cm³/mol. The predicted octanol–water partition coefficient (Wildman–Crippen LogP) is -1.18. The second-order valence-electron chi connectivity index (χ2n) is 2.98. The number of aromatic amines is 2. The van der Waals surface area contributed by atoms with Gasteiger partial charge in [-0.3, -0.25) is 9.78 Å². The van der Waals surface area contributed by atoms with Crippen molar-refractivity contribution in [1.82, 2.24) is 15.2 Å². The molecule has 1 aromatic heterocycles.